The SMILES string of the molecule is CCc1cc[nH][c]1[Ru][c]1ccc[nH]1. The summed E-state index contributed by atoms with van der Waals surface area (Å²) < 4.78 is 2.77. The minimum atomic E-state index is 0.148. The summed E-state index contributed by atoms with van der Waals surface area (Å²) in [6.45, 7) is 2.20. The van der Waals surface area contributed by atoms with Crippen LogP contribution in [0.25, 0.3) is 0 Å². The van der Waals surface area contributed by atoms with Crippen LogP contribution >= 0.6 is 0 Å². The van der Waals surface area contributed by atoms with Crippen LogP contribution in [0.3, 0.4) is 0 Å². The molecule has 0 saturated carbocycles. The summed E-state index contributed by atoms with van der Waals surface area (Å²) in [5.74, 6) is 0. The van der Waals surface area contributed by atoms with E-state index in [4.69, 9.17) is 0 Å². The number of nitrogens with one attached hydrogen (secondary N) is 2. The Morgan fingerprint density at radius 2 is 2.15 bits per heavy atom. The molecule has 0 saturated heterocycles. The van der Waals surface area contributed by atoms with Gasteiger partial charge in [-0.1, -0.05) is 0 Å². The van der Waals surface area contributed by atoms with Crippen LogP contribution in [0.15, 0.2) is 30.6 Å². The Labute approximate surface area is 85.4 Å². The first-order valence-corrected chi connectivity index (χ1v) is 6.06. The van der Waals surface area contributed by atoms with Gasteiger partial charge in [0.25, 0.3) is 0 Å². The van der Waals surface area contributed by atoms with Crippen LogP contribution in [0, 0.1) is 0 Å². The van der Waals surface area contributed by atoms with Gasteiger partial charge in [-0.15, -0.1) is 0 Å². The molecule has 0 fully saturated rings. The first-order chi connectivity index (χ1) is 6.40. The van der Waals surface area contributed by atoms with Gasteiger partial charge in [0.15, 0.2) is 0 Å². The fraction of sp³-hybridized carbons (Fsp3) is 0.200. The summed E-state index contributed by atoms with van der Waals surface area (Å²) in [5, 5.41) is 0. The van der Waals surface area contributed by atoms with Crippen molar-refractivity contribution in [2.75, 3.05) is 0 Å². The Bertz CT molecular complexity index is 362. The van der Waals surface area contributed by atoms with Crippen molar-refractivity contribution >= 4 is 8.58 Å². The van der Waals surface area contributed by atoms with Crippen LogP contribution < -0.4 is 8.58 Å². The van der Waals surface area contributed by atoms with E-state index in [1.165, 1.54) is 14.1 Å². The summed E-state index contributed by atoms with van der Waals surface area (Å²) in [6.07, 6.45) is 5.14. The molecule has 0 amide bonds. The molecule has 2 heterocycles. The van der Waals surface area contributed by atoms with Gasteiger partial charge in [-0.3, -0.25) is 0 Å². The molecule has 2 aromatic heterocycles. The van der Waals surface area contributed by atoms with Gasteiger partial charge < -0.3 is 0 Å². The van der Waals surface area contributed by atoms with Gasteiger partial charge >= 0.3 is 85.2 Å². The van der Waals surface area contributed by atoms with E-state index in [1.807, 2.05) is 12.4 Å². The van der Waals surface area contributed by atoms with Crippen molar-refractivity contribution in [2.45, 2.75) is 13.3 Å². The van der Waals surface area contributed by atoms with Crippen molar-refractivity contribution < 1.29 is 17.1 Å². The van der Waals surface area contributed by atoms with Crippen molar-refractivity contribution in [3.8, 4) is 0 Å². The first kappa shape index (κ1) is 8.77. The average Bonchev–Trinajstić information content (AvgIpc) is 2.76. The summed E-state index contributed by atoms with van der Waals surface area (Å²) in [7, 11) is 0. The number of aromatic amines is 2. The van der Waals surface area contributed by atoms with E-state index in [9.17, 15) is 0 Å². The molecule has 0 aliphatic carbocycles. The molecule has 2 aromatic rings. The van der Waals surface area contributed by atoms with E-state index in [1.54, 1.807) is 0 Å². The third-order valence-corrected chi connectivity index (χ3v) is 4.13. The zero-order chi connectivity index (χ0) is 9.10. The predicted octanol–water partition coefficient (Wildman–Crippen LogP) is 0.938. The molecule has 0 bridgehead atoms. The molecular weight excluding hydrogens is 249 g/mol. The van der Waals surface area contributed by atoms with Gasteiger partial charge in [0.1, 0.15) is 0 Å². The molecule has 0 spiro atoms. The van der Waals surface area contributed by atoms with Crippen LogP contribution in [-0.2, 0) is 23.5 Å². The second-order valence-electron chi connectivity index (χ2n) is 2.75. The van der Waals surface area contributed by atoms with E-state index < -0.39 is 0 Å². The van der Waals surface area contributed by atoms with Gasteiger partial charge in [-0.05, 0) is 0 Å². The normalized spacial score (nSPS) is 10.8. The van der Waals surface area contributed by atoms with Gasteiger partial charge in [-0.25, -0.2) is 0 Å². The molecule has 0 radical (unpaired) electrons. The monoisotopic (exact) mass is 262 g/mol. The Balaban J connectivity index is 2.18. The summed E-state index contributed by atoms with van der Waals surface area (Å²) in [5.41, 5.74) is 1.45. The van der Waals surface area contributed by atoms with Gasteiger partial charge in [0.05, 0.1) is 0 Å². The molecule has 0 aliphatic heterocycles. The third-order valence-electron chi connectivity index (χ3n) is 1.88. The number of aromatic nitrogens is 2. The molecule has 0 atom stereocenters. The third kappa shape index (κ3) is 1.92. The Hall–Kier alpha value is -0.817. The van der Waals surface area contributed by atoms with Crippen molar-refractivity contribution in [1.82, 2.24) is 9.97 Å². The number of rotatable bonds is 3. The van der Waals surface area contributed by atoms with E-state index in [0.29, 0.717) is 0 Å². The number of aryl methyl sites for hydroxylation is 1. The zero-order valence-corrected chi connectivity index (χ0v) is 9.19. The van der Waals surface area contributed by atoms with Gasteiger partial charge in [0, 0.05) is 0 Å². The van der Waals surface area contributed by atoms with E-state index in [-0.39, 0.29) is 17.1 Å². The molecule has 2 nitrogen and oxygen atoms in total. The van der Waals surface area contributed by atoms with Crippen molar-refractivity contribution in [3.05, 3.63) is 36.2 Å². The van der Waals surface area contributed by atoms with E-state index in [2.05, 4.69) is 35.1 Å². The second kappa shape index (κ2) is 3.93. The molecule has 2 N–H and O–H groups in total. The topological polar surface area (TPSA) is 31.6 Å². The molecular formula is C10H12N2Ru. The molecule has 0 unspecified atom stereocenters. The van der Waals surface area contributed by atoms with Gasteiger partial charge in [0.2, 0.25) is 0 Å². The summed E-state index contributed by atoms with van der Waals surface area (Å²) in [4.78, 5) is 6.56. The standard InChI is InChI=1S/C6H8N.C4H4N.Ru/c1-2-6-3-4-7-5-6;1-2-4-5-3-1;/h3-4,7H,2H2,1H3;1-3,5H;. The van der Waals surface area contributed by atoms with Crippen LogP contribution in [0.5, 0.6) is 0 Å². The Kier molecular flexibility index (Phi) is 2.65. The van der Waals surface area contributed by atoms with Crippen molar-refractivity contribution in [3.63, 3.8) is 0 Å². The first-order valence-electron chi connectivity index (χ1n) is 4.32. The zero-order valence-electron chi connectivity index (χ0n) is 7.45. The van der Waals surface area contributed by atoms with E-state index in [0.717, 1.165) is 6.42 Å². The molecule has 0 aliphatic rings. The molecule has 0 aromatic carbocycles. The van der Waals surface area contributed by atoms with Crippen molar-refractivity contribution in [2.24, 2.45) is 0 Å². The number of hydrogen-bond acceptors (Lipinski definition) is 0. The van der Waals surface area contributed by atoms with Crippen LogP contribution in [0.4, 0.5) is 0 Å². The quantitative estimate of drug-likeness (QED) is 0.771. The minimum absolute atomic E-state index is 0.148. The molecule has 3 heteroatoms. The number of H-pyrrole nitrogens is 2. The molecule has 13 heavy (non-hydrogen) atoms. The maximum absolute atomic E-state index is 3.31. The fourth-order valence-corrected chi connectivity index (χ4v) is 3.23. The van der Waals surface area contributed by atoms with Crippen LogP contribution in [0.1, 0.15) is 12.5 Å². The van der Waals surface area contributed by atoms with Gasteiger partial charge in [-0.2, -0.15) is 0 Å². The Morgan fingerprint density at radius 3 is 2.85 bits per heavy atom. The number of hydrogen-bond donors (Lipinski definition) is 2. The summed E-state index contributed by atoms with van der Waals surface area (Å²) >= 11 is 0.148. The maximum atomic E-state index is 3.31. The van der Waals surface area contributed by atoms with E-state index >= 15 is 0 Å². The predicted molar refractivity (Wildman–Crippen MR) is 50.2 cm³/mol. The molecule has 70 valence electrons. The molecule has 2 rings (SSSR count). The fourth-order valence-electron chi connectivity index (χ4n) is 1.18. The summed E-state index contributed by atoms with van der Waals surface area (Å²) in [6, 6.07) is 6.38. The van der Waals surface area contributed by atoms with Crippen molar-refractivity contribution in [1.29, 1.82) is 0 Å². The van der Waals surface area contributed by atoms with Crippen LogP contribution in [-0.4, -0.2) is 9.97 Å². The van der Waals surface area contributed by atoms with Crippen LogP contribution in [0.2, 0.25) is 0 Å². The second-order valence-corrected chi connectivity index (χ2v) is 4.99. The average molecular weight is 261 g/mol. The Morgan fingerprint density at radius 1 is 1.23 bits per heavy atom.